The van der Waals surface area contributed by atoms with Crippen molar-refractivity contribution in [2.45, 2.75) is 44.8 Å². The van der Waals surface area contributed by atoms with Crippen molar-refractivity contribution in [3.8, 4) is 5.75 Å². The molecule has 0 unspecified atom stereocenters. The van der Waals surface area contributed by atoms with Crippen molar-refractivity contribution >= 4 is 5.91 Å². The largest absolute Gasteiger partial charge is 0.508 e. The molecule has 5 nitrogen and oxygen atoms in total. The monoisotopic (exact) mass is 280 g/mol. The van der Waals surface area contributed by atoms with E-state index in [1.807, 2.05) is 13.8 Å². The van der Waals surface area contributed by atoms with Gasteiger partial charge in [-0.1, -0.05) is 26.0 Å². The molecule has 0 saturated heterocycles. The third-order valence-electron chi connectivity index (χ3n) is 3.64. The van der Waals surface area contributed by atoms with E-state index in [0.29, 0.717) is 19.3 Å². The van der Waals surface area contributed by atoms with Crippen LogP contribution in [0.4, 0.5) is 0 Å². The maximum Gasteiger partial charge on any atom is 0.237 e. The van der Waals surface area contributed by atoms with Crippen LogP contribution in [0.3, 0.4) is 0 Å². The molecule has 0 saturated carbocycles. The number of benzene rings is 1. The van der Waals surface area contributed by atoms with Crippen LogP contribution in [0.2, 0.25) is 0 Å². The standard InChI is InChI=1S/C15H24N2O3/c1-3-15(20,4-2)10-17-14(19)13(16)9-11-5-7-12(18)8-6-11/h5-8,13,18,20H,3-4,9-10,16H2,1-2H3,(H,17,19)/t13-/m0/s1. The molecule has 0 heterocycles. The molecule has 0 aliphatic carbocycles. The molecule has 0 bridgehead atoms. The second kappa shape index (κ2) is 7.26. The second-order valence-corrected chi connectivity index (χ2v) is 5.13. The predicted molar refractivity (Wildman–Crippen MR) is 78.3 cm³/mol. The maximum atomic E-state index is 11.9. The summed E-state index contributed by atoms with van der Waals surface area (Å²) in [4.78, 5) is 11.9. The third-order valence-corrected chi connectivity index (χ3v) is 3.64. The van der Waals surface area contributed by atoms with E-state index in [0.717, 1.165) is 5.56 Å². The van der Waals surface area contributed by atoms with Crippen LogP contribution in [-0.2, 0) is 11.2 Å². The van der Waals surface area contributed by atoms with Gasteiger partial charge in [0.05, 0.1) is 11.6 Å². The normalized spacial score (nSPS) is 13.0. The number of carbonyl (C=O) groups is 1. The molecule has 0 aromatic heterocycles. The van der Waals surface area contributed by atoms with Gasteiger partial charge in [-0.3, -0.25) is 4.79 Å². The molecule has 1 amide bonds. The van der Waals surface area contributed by atoms with Crippen molar-refractivity contribution in [2.24, 2.45) is 5.73 Å². The van der Waals surface area contributed by atoms with Gasteiger partial charge in [-0.2, -0.15) is 0 Å². The zero-order chi connectivity index (χ0) is 15.2. The number of amides is 1. The van der Waals surface area contributed by atoms with Crippen molar-refractivity contribution in [2.75, 3.05) is 6.54 Å². The molecule has 1 aromatic carbocycles. The van der Waals surface area contributed by atoms with Gasteiger partial charge in [0.25, 0.3) is 0 Å². The summed E-state index contributed by atoms with van der Waals surface area (Å²) in [6, 6.07) is 5.92. The number of phenols is 1. The van der Waals surface area contributed by atoms with Gasteiger partial charge in [0.2, 0.25) is 5.91 Å². The average Bonchev–Trinajstić information content (AvgIpc) is 2.46. The minimum atomic E-state index is -0.867. The van der Waals surface area contributed by atoms with Gasteiger partial charge >= 0.3 is 0 Å². The number of aliphatic hydroxyl groups is 1. The predicted octanol–water partition coefficient (Wildman–Crippen LogP) is 0.929. The van der Waals surface area contributed by atoms with Gasteiger partial charge in [0.15, 0.2) is 0 Å². The summed E-state index contributed by atoms with van der Waals surface area (Å²) in [5.41, 5.74) is 5.86. The van der Waals surface area contributed by atoms with Crippen LogP contribution in [0.1, 0.15) is 32.3 Å². The van der Waals surface area contributed by atoms with Crippen molar-refractivity contribution < 1.29 is 15.0 Å². The van der Waals surface area contributed by atoms with Gasteiger partial charge < -0.3 is 21.3 Å². The SMILES string of the molecule is CCC(O)(CC)CNC(=O)[C@@H](N)Cc1ccc(O)cc1. The minimum absolute atomic E-state index is 0.183. The molecule has 1 atom stereocenters. The summed E-state index contributed by atoms with van der Waals surface area (Å²) in [6.07, 6.45) is 1.55. The van der Waals surface area contributed by atoms with Crippen molar-refractivity contribution in [1.29, 1.82) is 0 Å². The molecule has 112 valence electrons. The fraction of sp³-hybridized carbons (Fsp3) is 0.533. The highest BCUT2D eigenvalue weighted by molar-refractivity contribution is 5.81. The Kier molecular flexibility index (Phi) is 5.98. The molecular formula is C15H24N2O3. The first kappa shape index (κ1) is 16.5. The number of hydrogen-bond acceptors (Lipinski definition) is 4. The molecule has 5 heteroatoms. The van der Waals surface area contributed by atoms with E-state index in [1.165, 1.54) is 0 Å². The Morgan fingerprint density at radius 1 is 1.30 bits per heavy atom. The molecule has 0 aliphatic rings. The number of nitrogens with one attached hydrogen (secondary N) is 1. The highest BCUT2D eigenvalue weighted by Gasteiger charge is 2.24. The Balaban J connectivity index is 2.49. The van der Waals surface area contributed by atoms with E-state index in [4.69, 9.17) is 5.73 Å². The fourth-order valence-electron chi connectivity index (χ4n) is 1.86. The van der Waals surface area contributed by atoms with Crippen molar-refractivity contribution in [1.82, 2.24) is 5.32 Å². The van der Waals surface area contributed by atoms with Crippen LogP contribution in [0.25, 0.3) is 0 Å². The summed E-state index contributed by atoms with van der Waals surface area (Å²) in [5.74, 6) is -0.0962. The lowest BCUT2D eigenvalue weighted by Gasteiger charge is -2.26. The van der Waals surface area contributed by atoms with Crippen LogP contribution in [0.15, 0.2) is 24.3 Å². The molecule has 1 aromatic rings. The summed E-state index contributed by atoms with van der Waals surface area (Å²) in [5, 5.41) is 22.0. The van der Waals surface area contributed by atoms with Crippen LogP contribution in [0.5, 0.6) is 5.75 Å². The lowest BCUT2D eigenvalue weighted by Crippen LogP contribution is -2.48. The molecule has 20 heavy (non-hydrogen) atoms. The van der Waals surface area contributed by atoms with Crippen molar-refractivity contribution in [3.05, 3.63) is 29.8 Å². The smallest absolute Gasteiger partial charge is 0.237 e. The Labute approximate surface area is 119 Å². The first-order valence-corrected chi connectivity index (χ1v) is 6.93. The lowest BCUT2D eigenvalue weighted by molar-refractivity contribution is -0.123. The van der Waals surface area contributed by atoms with Gasteiger partial charge in [-0.05, 0) is 37.0 Å². The van der Waals surface area contributed by atoms with Gasteiger partial charge in [0, 0.05) is 6.54 Å². The fourth-order valence-corrected chi connectivity index (χ4v) is 1.86. The summed E-state index contributed by atoms with van der Waals surface area (Å²) in [6.45, 7) is 3.97. The highest BCUT2D eigenvalue weighted by atomic mass is 16.3. The molecular weight excluding hydrogens is 256 g/mol. The Morgan fingerprint density at radius 2 is 1.85 bits per heavy atom. The van der Waals surface area contributed by atoms with E-state index in [1.54, 1.807) is 24.3 Å². The average molecular weight is 280 g/mol. The van der Waals surface area contributed by atoms with Gasteiger partial charge in [0.1, 0.15) is 5.75 Å². The molecule has 1 rings (SSSR count). The van der Waals surface area contributed by atoms with E-state index in [-0.39, 0.29) is 18.2 Å². The number of rotatable bonds is 7. The van der Waals surface area contributed by atoms with E-state index < -0.39 is 11.6 Å². The molecule has 0 spiro atoms. The molecule has 0 radical (unpaired) electrons. The quantitative estimate of drug-likeness (QED) is 0.597. The first-order chi connectivity index (χ1) is 9.40. The van der Waals surface area contributed by atoms with E-state index >= 15 is 0 Å². The van der Waals surface area contributed by atoms with E-state index in [2.05, 4.69) is 5.32 Å². The summed E-state index contributed by atoms with van der Waals surface area (Å²) >= 11 is 0. The summed E-state index contributed by atoms with van der Waals surface area (Å²) in [7, 11) is 0. The maximum absolute atomic E-state index is 11.9. The number of carbonyl (C=O) groups excluding carboxylic acids is 1. The Hall–Kier alpha value is -1.59. The topological polar surface area (TPSA) is 95.6 Å². The van der Waals surface area contributed by atoms with Crippen LogP contribution in [0, 0.1) is 0 Å². The number of hydrogen-bond donors (Lipinski definition) is 4. The highest BCUT2D eigenvalue weighted by Crippen LogP contribution is 2.13. The van der Waals surface area contributed by atoms with Crippen molar-refractivity contribution in [3.63, 3.8) is 0 Å². The zero-order valence-corrected chi connectivity index (χ0v) is 12.1. The van der Waals surface area contributed by atoms with Gasteiger partial charge in [-0.25, -0.2) is 0 Å². The Morgan fingerprint density at radius 3 is 2.35 bits per heavy atom. The molecule has 0 fully saturated rings. The number of aromatic hydroxyl groups is 1. The van der Waals surface area contributed by atoms with Crippen LogP contribution >= 0.6 is 0 Å². The summed E-state index contributed by atoms with van der Waals surface area (Å²) < 4.78 is 0. The zero-order valence-electron chi connectivity index (χ0n) is 12.1. The molecule has 5 N–H and O–H groups in total. The van der Waals surface area contributed by atoms with Gasteiger partial charge in [-0.15, -0.1) is 0 Å². The second-order valence-electron chi connectivity index (χ2n) is 5.13. The van der Waals surface area contributed by atoms with Crippen LogP contribution in [-0.4, -0.2) is 34.3 Å². The molecule has 0 aliphatic heterocycles. The number of nitrogens with two attached hydrogens (primary N) is 1. The third kappa shape index (κ3) is 4.83. The Bertz CT molecular complexity index is 427. The van der Waals surface area contributed by atoms with Crippen LogP contribution < -0.4 is 11.1 Å². The minimum Gasteiger partial charge on any atom is -0.508 e. The lowest BCUT2D eigenvalue weighted by atomic mass is 9.97. The number of phenolic OH excluding ortho intramolecular Hbond substituents is 1. The van der Waals surface area contributed by atoms with E-state index in [9.17, 15) is 15.0 Å². The first-order valence-electron chi connectivity index (χ1n) is 6.93.